The standard InChI is InChI=1S/C23H22N4O.C22H20N4O.CH3I.2CH4/c1-27(2)23-20-14-18(17-6-3-5-16(13-17)10-12-28)8-9-21(20)25-22(26-23)19-7-4-11-24-15-19;1-23-22-19-13-17(16-5-2-4-15(12-16)9-11-27)7-8-20(19)25-21(26-22)18-6-3-10-24-14-18;1-2;;/h3-9,11,13-15,28H,10,12H2,1-2H3;2-8,10,12-14,27H,9,11H2,1H3,(H,23,25,26);1H3;2*1H4. The van der Waals surface area contributed by atoms with Crippen molar-refractivity contribution in [2.45, 2.75) is 27.7 Å². The Hall–Kier alpha value is -5.89. The molecule has 0 fully saturated rings. The highest BCUT2D eigenvalue weighted by Crippen LogP contribution is 2.32. The van der Waals surface area contributed by atoms with Gasteiger partial charge < -0.3 is 20.4 Å². The van der Waals surface area contributed by atoms with Gasteiger partial charge >= 0.3 is 0 Å². The molecular weight excluding hydrogens is 847 g/mol. The summed E-state index contributed by atoms with van der Waals surface area (Å²) in [7, 11) is 5.84. The molecule has 0 aliphatic carbocycles. The van der Waals surface area contributed by atoms with Crippen molar-refractivity contribution in [3.8, 4) is 45.0 Å². The van der Waals surface area contributed by atoms with Crippen LogP contribution in [0.4, 0.5) is 11.6 Å². The third-order valence-corrected chi connectivity index (χ3v) is 9.19. The Morgan fingerprint density at radius 3 is 1.46 bits per heavy atom. The lowest BCUT2D eigenvalue weighted by molar-refractivity contribution is 0.299. The van der Waals surface area contributed by atoms with E-state index >= 15 is 0 Å². The third kappa shape index (κ3) is 11.2. The molecule has 0 unspecified atom stereocenters. The first-order valence-electron chi connectivity index (χ1n) is 18.5. The Kier molecular flexibility index (Phi) is 17.3. The maximum absolute atomic E-state index is 9.21. The lowest BCUT2D eigenvalue weighted by Crippen LogP contribution is -2.12. The summed E-state index contributed by atoms with van der Waals surface area (Å²) in [5.74, 6) is 2.98. The van der Waals surface area contributed by atoms with Gasteiger partial charge in [0.1, 0.15) is 11.6 Å². The lowest BCUT2D eigenvalue weighted by Gasteiger charge is -2.16. The first kappa shape index (κ1) is 45.8. The zero-order valence-electron chi connectivity index (χ0n) is 32.4. The molecule has 3 N–H and O–H groups in total. The molecule has 304 valence electrons. The van der Waals surface area contributed by atoms with Crippen LogP contribution in [0.25, 0.3) is 66.8 Å². The number of benzene rings is 4. The highest BCUT2D eigenvalue weighted by Gasteiger charge is 2.14. The second-order valence-electron chi connectivity index (χ2n) is 13.2. The minimum Gasteiger partial charge on any atom is -0.396 e. The number of halogens is 1. The number of nitrogens with zero attached hydrogens (tertiary/aromatic N) is 7. The molecule has 0 saturated heterocycles. The summed E-state index contributed by atoms with van der Waals surface area (Å²) in [6.07, 6.45) is 8.33. The largest absolute Gasteiger partial charge is 0.396 e. The number of pyridine rings is 2. The van der Waals surface area contributed by atoms with Gasteiger partial charge in [-0.1, -0.05) is 98.1 Å². The summed E-state index contributed by atoms with van der Waals surface area (Å²) in [6.45, 7) is 0.299. The molecule has 0 atom stereocenters. The number of aliphatic hydroxyl groups is 2. The molecule has 4 aromatic carbocycles. The number of aliphatic hydroxyl groups excluding tert-OH is 2. The minimum absolute atomic E-state index is 0. The van der Waals surface area contributed by atoms with E-state index in [1.54, 1.807) is 24.8 Å². The van der Waals surface area contributed by atoms with E-state index in [9.17, 15) is 10.2 Å². The second-order valence-corrected chi connectivity index (χ2v) is 13.2. The van der Waals surface area contributed by atoms with Crippen LogP contribution >= 0.6 is 22.6 Å². The van der Waals surface area contributed by atoms with Gasteiger partial charge in [0.25, 0.3) is 0 Å². The molecule has 8 aromatic rings. The number of fused-ring (bicyclic) bond motifs is 2. The number of rotatable bonds is 10. The summed E-state index contributed by atoms with van der Waals surface area (Å²) in [5, 5.41) is 23.6. The van der Waals surface area contributed by atoms with Crippen molar-refractivity contribution in [2.24, 2.45) is 0 Å². The Morgan fingerprint density at radius 1 is 0.542 bits per heavy atom. The van der Waals surface area contributed by atoms with Crippen LogP contribution in [0.15, 0.2) is 134 Å². The molecule has 0 aliphatic rings. The monoisotopic (exact) mass is 900 g/mol. The highest BCUT2D eigenvalue weighted by atomic mass is 127. The summed E-state index contributed by atoms with van der Waals surface area (Å²) in [4.78, 5) is 31.3. The van der Waals surface area contributed by atoms with Gasteiger partial charge in [0.15, 0.2) is 11.6 Å². The van der Waals surface area contributed by atoms with Gasteiger partial charge in [-0.05, 0) is 99.7 Å². The van der Waals surface area contributed by atoms with Crippen molar-refractivity contribution in [1.29, 1.82) is 0 Å². The fourth-order valence-electron chi connectivity index (χ4n) is 6.45. The Balaban J connectivity index is 0.000000242. The first-order chi connectivity index (χ1) is 27.9. The van der Waals surface area contributed by atoms with Gasteiger partial charge in [0.2, 0.25) is 0 Å². The number of hydrogen-bond acceptors (Lipinski definition) is 10. The molecule has 0 amide bonds. The van der Waals surface area contributed by atoms with Crippen LogP contribution in [-0.4, -0.2) is 79.4 Å². The highest BCUT2D eigenvalue weighted by molar-refractivity contribution is 14.1. The van der Waals surface area contributed by atoms with Gasteiger partial charge in [-0.2, -0.15) is 0 Å². The van der Waals surface area contributed by atoms with Crippen molar-refractivity contribution in [2.75, 3.05) is 49.5 Å². The van der Waals surface area contributed by atoms with Crippen LogP contribution in [-0.2, 0) is 12.8 Å². The summed E-state index contributed by atoms with van der Waals surface area (Å²) in [5.41, 5.74) is 10.2. The second kappa shape index (κ2) is 22.3. The van der Waals surface area contributed by atoms with Crippen molar-refractivity contribution in [1.82, 2.24) is 29.9 Å². The van der Waals surface area contributed by atoms with Crippen molar-refractivity contribution in [3.63, 3.8) is 0 Å². The van der Waals surface area contributed by atoms with E-state index in [1.165, 1.54) is 0 Å². The molecule has 4 heterocycles. The average molecular weight is 901 g/mol. The van der Waals surface area contributed by atoms with Crippen LogP contribution in [0.5, 0.6) is 0 Å². The lowest BCUT2D eigenvalue weighted by atomic mass is 10.00. The molecule has 0 aliphatic heterocycles. The van der Waals surface area contributed by atoms with Crippen LogP contribution in [0.3, 0.4) is 0 Å². The van der Waals surface area contributed by atoms with E-state index in [4.69, 9.17) is 15.0 Å². The SMILES string of the molecule is C.C.CI.CN(C)c1nc(-c2cccnc2)nc2ccc(-c3cccc(CCO)c3)cc12.CNc1nc(-c2cccnc2)nc2ccc(-c3cccc(CCO)c3)cc12. The number of hydrogen-bond donors (Lipinski definition) is 3. The topological polar surface area (TPSA) is 133 Å². The van der Waals surface area contributed by atoms with Crippen LogP contribution in [0, 0.1) is 0 Å². The van der Waals surface area contributed by atoms with E-state index in [0.717, 1.165) is 77.9 Å². The minimum atomic E-state index is 0. The summed E-state index contributed by atoms with van der Waals surface area (Å²) in [6, 6.07) is 36.6. The van der Waals surface area contributed by atoms with Crippen LogP contribution in [0.2, 0.25) is 0 Å². The van der Waals surface area contributed by atoms with Gasteiger partial charge in [-0.25, -0.2) is 19.9 Å². The maximum atomic E-state index is 9.21. The zero-order valence-corrected chi connectivity index (χ0v) is 34.6. The molecule has 0 radical (unpaired) electrons. The average Bonchev–Trinajstić information content (AvgIpc) is 3.27. The fourth-order valence-corrected chi connectivity index (χ4v) is 6.45. The van der Waals surface area contributed by atoms with E-state index in [1.807, 2.05) is 91.6 Å². The van der Waals surface area contributed by atoms with E-state index < -0.39 is 0 Å². The quantitative estimate of drug-likeness (QED) is 0.0900. The van der Waals surface area contributed by atoms with Crippen molar-refractivity contribution >= 4 is 56.0 Å². The maximum Gasteiger partial charge on any atom is 0.163 e. The summed E-state index contributed by atoms with van der Waals surface area (Å²) >= 11 is 2.15. The van der Waals surface area contributed by atoms with Crippen molar-refractivity contribution < 1.29 is 10.2 Å². The molecule has 0 spiro atoms. The predicted molar refractivity (Wildman–Crippen MR) is 255 cm³/mol. The smallest absolute Gasteiger partial charge is 0.163 e. The van der Waals surface area contributed by atoms with Gasteiger partial charge in [-0.15, -0.1) is 0 Å². The number of aromatic nitrogens is 6. The Bertz CT molecular complexity index is 2550. The number of alkyl halides is 1. The first-order valence-corrected chi connectivity index (χ1v) is 20.7. The van der Waals surface area contributed by atoms with E-state index in [-0.39, 0.29) is 28.1 Å². The summed E-state index contributed by atoms with van der Waals surface area (Å²) < 4.78 is 0. The molecule has 11 heteroatoms. The normalized spacial score (nSPS) is 10.3. The van der Waals surface area contributed by atoms with E-state index in [2.05, 4.69) is 91.4 Å². The van der Waals surface area contributed by atoms with E-state index in [0.29, 0.717) is 24.5 Å². The Morgan fingerprint density at radius 2 is 1.00 bits per heavy atom. The molecule has 10 nitrogen and oxygen atoms in total. The Labute approximate surface area is 361 Å². The molecule has 8 rings (SSSR count). The van der Waals surface area contributed by atoms with Crippen LogP contribution < -0.4 is 10.2 Å². The molecular formula is C48H53IN8O2. The molecule has 59 heavy (non-hydrogen) atoms. The zero-order chi connectivity index (χ0) is 40.1. The number of nitrogens with one attached hydrogen (secondary N) is 1. The number of anilines is 2. The van der Waals surface area contributed by atoms with Gasteiger partial charge in [0.05, 0.1) is 11.0 Å². The van der Waals surface area contributed by atoms with Crippen molar-refractivity contribution in [3.05, 3.63) is 145 Å². The molecule has 4 aromatic heterocycles. The molecule has 0 bridgehead atoms. The third-order valence-electron chi connectivity index (χ3n) is 9.19. The fraction of sp³-hybridized carbons (Fsp3) is 0.208. The predicted octanol–water partition coefficient (Wildman–Crippen LogP) is 10.2. The van der Waals surface area contributed by atoms with Gasteiger partial charge in [0, 0.05) is 81.0 Å². The molecule has 0 saturated carbocycles. The van der Waals surface area contributed by atoms with Gasteiger partial charge in [-0.3, -0.25) is 9.97 Å². The van der Waals surface area contributed by atoms with Crippen LogP contribution in [0.1, 0.15) is 26.0 Å².